The van der Waals surface area contributed by atoms with Gasteiger partial charge in [0, 0.05) is 12.3 Å². The van der Waals surface area contributed by atoms with Gasteiger partial charge in [0.15, 0.2) is 0 Å². The van der Waals surface area contributed by atoms with Crippen LogP contribution in [-0.4, -0.2) is 5.88 Å². The second-order valence-electron chi connectivity index (χ2n) is 1.03. The van der Waals surface area contributed by atoms with Crippen LogP contribution < -0.4 is 0 Å². The van der Waals surface area contributed by atoms with Crippen LogP contribution in [-0.2, 0) is 0 Å². The van der Waals surface area contributed by atoms with Crippen molar-refractivity contribution in [1.82, 2.24) is 0 Å². The third kappa shape index (κ3) is 5.59. The second-order valence-corrected chi connectivity index (χ2v) is 1.34. The Morgan fingerprint density at radius 3 is 2.71 bits per heavy atom. The summed E-state index contributed by atoms with van der Waals surface area (Å²) in [4.78, 5) is 0. The van der Waals surface area contributed by atoms with Gasteiger partial charge in [0.05, 0.1) is 0 Å². The minimum Gasteiger partial charge on any atom is -0.122 e. The zero-order valence-electron chi connectivity index (χ0n) is 4.02. The average molecular weight is 115 g/mol. The first kappa shape index (κ1) is 6.59. The molecule has 0 nitrogen and oxygen atoms in total. The molecule has 0 aliphatic heterocycles. The van der Waals surface area contributed by atoms with E-state index in [0.29, 0.717) is 12.3 Å². The van der Waals surface area contributed by atoms with E-state index in [1.54, 1.807) is 0 Å². The summed E-state index contributed by atoms with van der Waals surface area (Å²) < 4.78 is 0. The third-order valence-electron chi connectivity index (χ3n) is 0.491. The number of halogens is 1. The predicted molar refractivity (Wildman–Crippen MR) is 33.3 cm³/mol. The highest BCUT2D eigenvalue weighted by Gasteiger charge is 1.64. The summed E-state index contributed by atoms with van der Waals surface area (Å²) >= 11 is 5.28. The molecule has 0 heterocycles. The summed E-state index contributed by atoms with van der Waals surface area (Å²) in [6, 6.07) is 0. The number of allylic oxidation sites excluding steroid dienone is 2. The Morgan fingerprint density at radius 2 is 2.29 bits per heavy atom. The number of hydrogen-bond donors (Lipinski definition) is 0. The Hall–Kier alpha value is -0.410. The van der Waals surface area contributed by atoms with Gasteiger partial charge in [-0.3, -0.25) is 0 Å². The fraction of sp³-hybridized carbons (Fsp3) is 0.333. The van der Waals surface area contributed by atoms with Crippen molar-refractivity contribution < 1.29 is 0 Å². The average Bonchev–Trinajstić information content (AvgIpc) is 1.69. The molecule has 0 aromatic carbocycles. The Kier molecular flexibility index (Phi) is 5.26. The summed E-state index contributed by atoms with van der Waals surface area (Å²) in [5.74, 6) is 3.01. The molecule has 7 heavy (non-hydrogen) atoms. The molecule has 0 bridgehead atoms. The highest BCUT2D eigenvalue weighted by molar-refractivity contribution is 6.18. The van der Waals surface area contributed by atoms with E-state index >= 15 is 0 Å². The Balaban J connectivity index is 2.97. The summed E-state index contributed by atoms with van der Waals surface area (Å²) in [5, 5.41) is 0. The van der Waals surface area contributed by atoms with Gasteiger partial charge in [-0.25, -0.2) is 0 Å². The van der Waals surface area contributed by atoms with Crippen LogP contribution in [0.3, 0.4) is 0 Å². The smallest absolute Gasteiger partial charge is 0.0404 e. The molecule has 0 aromatic heterocycles. The van der Waals surface area contributed by atoms with Gasteiger partial charge in [0.2, 0.25) is 0 Å². The molecule has 0 N–H and O–H groups in total. The Bertz CT molecular complexity index is 86.8. The number of rotatable bonds is 2. The van der Waals surface area contributed by atoms with Crippen molar-refractivity contribution in [2.75, 3.05) is 5.88 Å². The van der Waals surface area contributed by atoms with Crippen molar-refractivity contribution in [3.63, 3.8) is 0 Å². The molecule has 0 unspecified atom stereocenters. The van der Waals surface area contributed by atoms with Crippen molar-refractivity contribution in [1.29, 1.82) is 0 Å². The van der Waals surface area contributed by atoms with Crippen molar-refractivity contribution >= 4 is 11.6 Å². The minimum absolute atomic E-state index is 0.557. The lowest BCUT2D eigenvalue weighted by molar-refractivity contribution is 1.45. The van der Waals surface area contributed by atoms with Crippen LogP contribution in [0.1, 0.15) is 6.42 Å². The second kappa shape index (κ2) is 5.59. The molecule has 0 saturated heterocycles. The fourth-order valence-electron chi connectivity index (χ4n) is 0.214. The first-order chi connectivity index (χ1) is 3.41. The molecule has 0 rings (SSSR count). The lowest BCUT2D eigenvalue weighted by Crippen LogP contribution is -1.58. The quantitative estimate of drug-likeness (QED) is 0.292. The molecule has 0 aliphatic carbocycles. The lowest BCUT2D eigenvalue weighted by Gasteiger charge is -1.71. The summed E-state index contributed by atoms with van der Waals surface area (Å²) in [6.07, 6.45) is 9.31. The van der Waals surface area contributed by atoms with Crippen LogP contribution in [0.25, 0.3) is 0 Å². The van der Waals surface area contributed by atoms with Crippen LogP contribution in [0.4, 0.5) is 0 Å². The van der Waals surface area contributed by atoms with E-state index in [-0.39, 0.29) is 0 Å². The van der Waals surface area contributed by atoms with Gasteiger partial charge in [0.1, 0.15) is 0 Å². The Morgan fingerprint density at radius 1 is 1.57 bits per heavy atom. The fourth-order valence-corrected chi connectivity index (χ4v) is 0.340. The zero-order valence-corrected chi connectivity index (χ0v) is 4.78. The number of alkyl halides is 1. The Labute approximate surface area is 49.2 Å². The van der Waals surface area contributed by atoms with Gasteiger partial charge >= 0.3 is 0 Å². The zero-order chi connectivity index (χ0) is 5.54. The van der Waals surface area contributed by atoms with E-state index in [4.69, 9.17) is 18.0 Å². The molecule has 0 fully saturated rings. The van der Waals surface area contributed by atoms with Gasteiger partial charge in [-0.15, -0.1) is 23.9 Å². The summed E-state index contributed by atoms with van der Waals surface area (Å²) in [5.41, 5.74) is 0. The molecular formula is C6H7Cl. The van der Waals surface area contributed by atoms with Crippen LogP contribution in [0.15, 0.2) is 12.2 Å². The molecule has 0 aromatic rings. The molecule has 0 atom stereocenters. The van der Waals surface area contributed by atoms with E-state index in [1.807, 2.05) is 12.2 Å². The highest BCUT2D eigenvalue weighted by Crippen LogP contribution is 1.80. The normalized spacial score (nSPS) is 9.14. The summed E-state index contributed by atoms with van der Waals surface area (Å²) in [7, 11) is 0. The van der Waals surface area contributed by atoms with E-state index in [9.17, 15) is 0 Å². The van der Waals surface area contributed by atoms with Crippen molar-refractivity contribution in [3.05, 3.63) is 12.2 Å². The standard InChI is InChI=1S/C6H7Cl/c1-2-3-4-5-6-7/h1,4-5H,3,6H2/b5-4+. The van der Waals surface area contributed by atoms with Crippen molar-refractivity contribution in [2.45, 2.75) is 6.42 Å². The van der Waals surface area contributed by atoms with E-state index in [1.165, 1.54) is 0 Å². The molecule has 0 amide bonds. The topological polar surface area (TPSA) is 0 Å². The molecule has 0 radical (unpaired) electrons. The van der Waals surface area contributed by atoms with Gasteiger partial charge in [-0.05, 0) is 0 Å². The van der Waals surface area contributed by atoms with Gasteiger partial charge in [-0.2, -0.15) is 0 Å². The molecule has 0 saturated carbocycles. The minimum atomic E-state index is 0.557. The van der Waals surface area contributed by atoms with Gasteiger partial charge in [-0.1, -0.05) is 12.2 Å². The van der Waals surface area contributed by atoms with E-state index < -0.39 is 0 Å². The van der Waals surface area contributed by atoms with E-state index in [2.05, 4.69) is 5.92 Å². The maximum absolute atomic E-state index is 5.28. The number of hydrogen-bond acceptors (Lipinski definition) is 0. The van der Waals surface area contributed by atoms with Crippen LogP contribution in [0.2, 0.25) is 0 Å². The van der Waals surface area contributed by atoms with Crippen molar-refractivity contribution in [3.8, 4) is 12.3 Å². The van der Waals surface area contributed by atoms with Gasteiger partial charge < -0.3 is 0 Å². The lowest BCUT2D eigenvalue weighted by atomic mass is 10.4. The molecule has 0 spiro atoms. The number of terminal acetylenes is 1. The monoisotopic (exact) mass is 114 g/mol. The predicted octanol–water partition coefficient (Wildman–Crippen LogP) is 1.80. The SMILES string of the molecule is C#CC/C=C/CCl. The third-order valence-corrected chi connectivity index (χ3v) is 0.670. The summed E-state index contributed by atoms with van der Waals surface area (Å²) in [6.45, 7) is 0. The maximum Gasteiger partial charge on any atom is 0.0404 e. The first-order valence-corrected chi connectivity index (χ1v) is 2.59. The van der Waals surface area contributed by atoms with Crippen LogP contribution in [0, 0.1) is 12.3 Å². The highest BCUT2D eigenvalue weighted by atomic mass is 35.5. The maximum atomic E-state index is 5.28. The van der Waals surface area contributed by atoms with Crippen LogP contribution >= 0.6 is 11.6 Å². The largest absolute Gasteiger partial charge is 0.122 e. The first-order valence-electron chi connectivity index (χ1n) is 2.06. The van der Waals surface area contributed by atoms with Crippen LogP contribution in [0.5, 0.6) is 0 Å². The molecule has 1 heteroatoms. The van der Waals surface area contributed by atoms with Gasteiger partial charge in [0.25, 0.3) is 0 Å². The molecule has 0 aliphatic rings. The molecular weight excluding hydrogens is 108 g/mol. The van der Waals surface area contributed by atoms with Crippen molar-refractivity contribution in [2.24, 2.45) is 0 Å². The molecule has 38 valence electrons. The van der Waals surface area contributed by atoms with E-state index in [0.717, 1.165) is 0 Å².